The third kappa shape index (κ3) is 4.14. The molecule has 34 heavy (non-hydrogen) atoms. The maximum atomic E-state index is 13.3. The van der Waals surface area contributed by atoms with Crippen LogP contribution < -0.4 is 11.0 Å². The van der Waals surface area contributed by atoms with Crippen molar-refractivity contribution in [3.8, 4) is 6.07 Å². The van der Waals surface area contributed by atoms with E-state index in [9.17, 15) is 14.9 Å². The van der Waals surface area contributed by atoms with Crippen LogP contribution in [0.5, 0.6) is 0 Å². The molecular weight excluding hydrogens is 430 g/mol. The summed E-state index contributed by atoms with van der Waals surface area (Å²) < 4.78 is 8.35. The summed E-state index contributed by atoms with van der Waals surface area (Å²) in [7, 11) is 1.60. The molecule has 0 atom stereocenters. The Morgan fingerprint density at radius 1 is 1.12 bits per heavy atom. The first-order valence-electron chi connectivity index (χ1n) is 11.0. The predicted molar refractivity (Wildman–Crippen MR) is 129 cm³/mol. The highest BCUT2D eigenvalue weighted by atomic mass is 16.5. The molecule has 0 aliphatic heterocycles. The lowest BCUT2D eigenvalue weighted by Crippen LogP contribution is -2.30. The van der Waals surface area contributed by atoms with Crippen molar-refractivity contribution in [2.45, 2.75) is 33.7 Å². The molecule has 1 amide bonds. The molecule has 0 saturated carbocycles. The molecule has 0 radical (unpaired) electrons. The summed E-state index contributed by atoms with van der Waals surface area (Å²) in [6.45, 7) is 6.60. The van der Waals surface area contributed by atoms with Gasteiger partial charge in [-0.1, -0.05) is 12.1 Å². The van der Waals surface area contributed by atoms with Crippen LogP contribution in [0.3, 0.4) is 0 Å². The van der Waals surface area contributed by atoms with E-state index in [-0.39, 0.29) is 22.0 Å². The third-order valence-electron chi connectivity index (χ3n) is 5.92. The Kier molecular flexibility index (Phi) is 6.39. The molecule has 0 unspecified atom stereocenters. The van der Waals surface area contributed by atoms with Crippen molar-refractivity contribution in [1.82, 2.24) is 14.0 Å². The van der Waals surface area contributed by atoms with E-state index in [1.165, 1.54) is 10.5 Å². The molecule has 0 saturated heterocycles. The maximum Gasteiger partial charge on any atom is 0.279 e. The number of nitrogens with zero attached hydrogens (tertiary/aromatic N) is 5. The summed E-state index contributed by atoms with van der Waals surface area (Å²) in [6, 6.07) is 12.6. The number of carbonyl (C=O) groups is 1. The van der Waals surface area contributed by atoms with Crippen molar-refractivity contribution in [2.75, 3.05) is 13.7 Å². The average Bonchev–Trinajstić information content (AvgIpc) is 2.82. The van der Waals surface area contributed by atoms with Gasteiger partial charge >= 0.3 is 0 Å². The van der Waals surface area contributed by atoms with Gasteiger partial charge in [0.2, 0.25) is 0 Å². The number of nitriles is 1. The van der Waals surface area contributed by atoms with Crippen molar-refractivity contribution in [3.63, 3.8) is 0 Å². The number of ether oxygens (including phenoxy) is 1. The minimum absolute atomic E-state index is 0.133. The Morgan fingerprint density at radius 3 is 2.62 bits per heavy atom. The first-order valence-corrected chi connectivity index (χ1v) is 11.0. The highest BCUT2D eigenvalue weighted by Crippen LogP contribution is 2.14. The van der Waals surface area contributed by atoms with Crippen molar-refractivity contribution < 1.29 is 9.53 Å². The summed E-state index contributed by atoms with van der Waals surface area (Å²) >= 11 is 0. The fourth-order valence-electron chi connectivity index (χ4n) is 3.90. The summed E-state index contributed by atoms with van der Waals surface area (Å²) in [4.78, 5) is 35.5. The van der Waals surface area contributed by atoms with E-state index in [0.717, 1.165) is 16.7 Å². The zero-order valence-corrected chi connectivity index (χ0v) is 19.6. The van der Waals surface area contributed by atoms with Gasteiger partial charge in [0.1, 0.15) is 17.4 Å². The first kappa shape index (κ1) is 23.1. The minimum Gasteiger partial charge on any atom is -0.385 e. The number of aromatic nitrogens is 3. The molecule has 8 nitrogen and oxygen atoms in total. The van der Waals surface area contributed by atoms with E-state index < -0.39 is 5.91 Å². The number of methoxy groups -OCH3 is 1. The van der Waals surface area contributed by atoms with Crippen LogP contribution in [0, 0.1) is 32.1 Å². The number of hydrogen-bond donors (Lipinski definition) is 0. The van der Waals surface area contributed by atoms with Gasteiger partial charge in [-0.05, 0) is 68.1 Å². The fraction of sp³-hybridized carbons (Fsp3) is 0.269. The lowest BCUT2D eigenvalue weighted by Gasteiger charge is -2.14. The van der Waals surface area contributed by atoms with Gasteiger partial charge in [0.25, 0.3) is 11.5 Å². The maximum absolute atomic E-state index is 13.3. The van der Waals surface area contributed by atoms with Crippen molar-refractivity contribution in [3.05, 3.63) is 86.3 Å². The predicted octanol–water partition coefficient (Wildman–Crippen LogP) is 3.22. The fourth-order valence-corrected chi connectivity index (χ4v) is 3.90. The highest BCUT2D eigenvalue weighted by Gasteiger charge is 2.16. The Balaban J connectivity index is 2.06. The normalized spacial score (nSPS) is 11.8. The van der Waals surface area contributed by atoms with Crippen LogP contribution in [0.1, 0.15) is 39.0 Å². The summed E-state index contributed by atoms with van der Waals surface area (Å²) in [5.74, 6) is -0.465. The Hall–Kier alpha value is -4.09. The quantitative estimate of drug-likeness (QED) is 0.340. The second-order valence-corrected chi connectivity index (χ2v) is 8.25. The number of carbonyl (C=O) groups excluding carboxylic acids is 1. The second-order valence-electron chi connectivity index (χ2n) is 8.25. The number of benzene rings is 1. The summed E-state index contributed by atoms with van der Waals surface area (Å²) in [5, 5.41) is 10.2. The molecule has 3 heterocycles. The largest absolute Gasteiger partial charge is 0.385 e. The lowest BCUT2D eigenvalue weighted by atomic mass is 10.1. The SMILES string of the molecule is COCCCn1c(=NC(=O)c2ccc(C)c(C)c2)c(C#N)cc2c(=O)n3cccc(C)c3nc21. The third-order valence-corrected chi connectivity index (χ3v) is 5.92. The molecule has 4 rings (SSSR count). The van der Waals surface area contributed by atoms with E-state index in [2.05, 4.69) is 11.1 Å². The molecule has 3 aromatic heterocycles. The van der Waals surface area contributed by atoms with Gasteiger partial charge in [0.05, 0.1) is 10.9 Å². The Morgan fingerprint density at radius 2 is 1.91 bits per heavy atom. The number of pyridine rings is 2. The van der Waals surface area contributed by atoms with Crippen LogP contribution in [-0.2, 0) is 11.3 Å². The van der Waals surface area contributed by atoms with E-state index in [1.807, 2.05) is 32.9 Å². The Labute approximate surface area is 196 Å². The van der Waals surface area contributed by atoms with Gasteiger partial charge < -0.3 is 9.30 Å². The van der Waals surface area contributed by atoms with Crippen LogP contribution in [-0.4, -0.2) is 33.6 Å². The van der Waals surface area contributed by atoms with Crippen LogP contribution in [0.15, 0.2) is 52.4 Å². The molecule has 1 aromatic carbocycles. The molecular formula is C26H25N5O3. The van der Waals surface area contributed by atoms with Crippen molar-refractivity contribution in [2.24, 2.45) is 4.99 Å². The number of aryl methyl sites for hydroxylation is 4. The lowest BCUT2D eigenvalue weighted by molar-refractivity contribution is 0.0997. The molecule has 0 aliphatic rings. The monoisotopic (exact) mass is 455 g/mol. The molecule has 4 aromatic rings. The van der Waals surface area contributed by atoms with Crippen LogP contribution in [0.2, 0.25) is 0 Å². The molecule has 0 bridgehead atoms. The number of rotatable bonds is 5. The average molecular weight is 456 g/mol. The molecule has 172 valence electrons. The topological polar surface area (TPSA) is 102 Å². The zero-order chi connectivity index (χ0) is 24.4. The highest BCUT2D eigenvalue weighted by molar-refractivity contribution is 5.95. The molecule has 0 aliphatic carbocycles. The van der Waals surface area contributed by atoms with Gasteiger partial charge in [0.15, 0.2) is 5.49 Å². The van der Waals surface area contributed by atoms with E-state index >= 15 is 0 Å². The summed E-state index contributed by atoms with van der Waals surface area (Å²) in [5.41, 5.74) is 4.22. The number of fused-ring (bicyclic) bond motifs is 2. The molecule has 8 heteroatoms. The number of amides is 1. The van der Waals surface area contributed by atoms with Gasteiger partial charge in [0, 0.05) is 32.0 Å². The summed E-state index contributed by atoms with van der Waals surface area (Å²) in [6.07, 6.45) is 2.24. The standard InChI is InChI=1S/C26H25N5O3/c1-16-8-9-19(13-18(16)3)25(32)29-23-20(15-27)14-21-24(30(23)11-6-12-34-4)28-22-17(2)7-5-10-31(22)26(21)33/h5,7-10,13-14H,6,11-12H2,1-4H3. The minimum atomic E-state index is -0.465. The second kappa shape index (κ2) is 9.41. The smallest absolute Gasteiger partial charge is 0.279 e. The van der Waals surface area contributed by atoms with Crippen LogP contribution >= 0.6 is 0 Å². The Bertz CT molecular complexity index is 1610. The number of hydrogen-bond acceptors (Lipinski definition) is 5. The molecule has 0 N–H and O–H groups in total. The van der Waals surface area contributed by atoms with E-state index in [4.69, 9.17) is 9.72 Å². The molecule has 0 spiro atoms. The van der Waals surface area contributed by atoms with Gasteiger partial charge in [-0.2, -0.15) is 10.3 Å². The van der Waals surface area contributed by atoms with Crippen molar-refractivity contribution in [1.29, 1.82) is 5.26 Å². The van der Waals surface area contributed by atoms with Gasteiger partial charge in [-0.3, -0.25) is 14.0 Å². The van der Waals surface area contributed by atoms with Crippen LogP contribution in [0.4, 0.5) is 0 Å². The molecule has 0 fully saturated rings. The van der Waals surface area contributed by atoms with Gasteiger partial charge in [-0.15, -0.1) is 0 Å². The van der Waals surface area contributed by atoms with Gasteiger partial charge in [-0.25, -0.2) is 4.98 Å². The van der Waals surface area contributed by atoms with E-state index in [1.54, 1.807) is 36.1 Å². The van der Waals surface area contributed by atoms with Crippen molar-refractivity contribution >= 4 is 22.6 Å². The zero-order valence-electron chi connectivity index (χ0n) is 19.6. The first-order chi connectivity index (χ1) is 16.3. The van der Waals surface area contributed by atoms with Crippen LogP contribution in [0.25, 0.3) is 16.7 Å². The van der Waals surface area contributed by atoms with E-state index in [0.29, 0.717) is 36.4 Å².